The minimum Gasteiger partial charge on any atom is -0.381 e. The number of nitrogens with zero attached hydrogens (tertiary/aromatic N) is 2. The van der Waals surface area contributed by atoms with Gasteiger partial charge in [-0.2, -0.15) is 0 Å². The average Bonchev–Trinajstić information content (AvgIpc) is 2.76. The number of nitrogens with one attached hydrogen (secondary N) is 2. The zero-order chi connectivity index (χ0) is 20.9. The minimum absolute atomic E-state index is 0.137. The van der Waals surface area contributed by atoms with Crippen LogP contribution in [0.1, 0.15) is 36.0 Å². The van der Waals surface area contributed by atoms with Crippen LogP contribution in [0.3, 0.4) is 0 Å². The van der Waals surface area contributed by atoms with Crippen molar-refractivity contribution in [3.63, 3.8) is 0 Å². The summed E-state index contributed by atoms with van der Waals surface area (Å²) in [4.78, 5) is 18.9. The first-order valence-electron chi connectivity index (χ1n) is 10.6. The summed E-state index contributed by atoms with van der Waals surface area (Å²) in [6, 6.07) is 11.7. The summed E-state index contributed by atoms with van der Waals surface area (Å²) in [5.41, 5.74) is 13.9. The van der Waals surface area contributed by atoms with Crippen molar-refractivity contribution in [2.75, 3.05) is 41.8 Å². The van der Waals surface area contributed by atoms with E-state index in [1.165, 1.54) is 12.8 Å². The van der Waals surface area contributed by atoms with Gasteiger partial charge in [0.2, 0.25) is 0 Å². The number of nitrogens with two attached hydrogens (primary N) is 2. The fraction of sp³-hybridized carbons (Fsp3) is 0.455. The summed E-state index contributed by atoms with van der Waals surface area (Å²) in [6.45, 7) is 3.01. The highest BCUT2D eigenvalue weighted by Gasteiger charge is 2.22. The molecule has 1 saturated carbocycles. The predicted molar refractivity (Wildman–Crippen MR) is 119 cm³/mol. The summed E-state index contributed by atoms with van der Waals surface area (Å²) < 4.78 is 5.42. The number of aromatic nitrogens is 1. The number of anilines is 4. The first kappa shape index (κ1) is 20.4. The van der Waals surface area contributed by atoms with Crippen LogP contribution in [0.4, 0.5) is 23.0 Å². The molecule has 2 atom stereocenters. The molecule has 4 rings (SSSR count). The Morgan fingerprint density at radius 3 is 2.70 bits per heavy atom. The topological polar surface area (TPSA) is 119 Å². The molecule has 0 radical (unpaired) electrons. The number of benzene rings is 1. The molecule has 0 bridgehead atoms. The molecule has 8 heteroatoms. The second-order valence-electron chi connectivity index (χ2n) is 7.93. The molecule has 1 aliphatic heterocycles. The fourth-order valence-corrected chi connectivity index (χ4v) is 4.10. The number of primary amides is 1. The zero-order valence-electron chi connectivity index (χ0n) is 17.1. The lowest BCUT2D eigenvalue weighted by Gasteiger charge is -2.30. The van der Waals surface area contributed by atoms with E-state index in [9.17, 15) is 4.79 Å². The van der Waals surface area contributed by atoms with E-state index < -0.39 is 5.91 Å². The second-order valence-corrected chi connectivity index (χ2v) is 7.93. The number of carbonyl (C=O) groups excluding carboxylic acids is 1. The van der Waals surface area contributed by atoms with Crippen LogP contribution in [0.2, 0.25) is 0 Å². The maximum absolute atomic E-state index is 12.0. The Kier molecular flexibility index (Phi) is 6.35. The van der Waals surface area contributed by atoms with Gasteiger partial charge in [-0.3, -0.25) is 4.79 Å². The molecule has 1 aliphatic carbocycles. The highest BCUT2D eigenvalue weighted by Crippen LogP contribution is 2.27. The minimum atomic E-state index is -0.484. The Bertz CT molecular complexity index is 884. The van der Waals surface area contributed by atoms with Gasteiger partial charge in [-0.15, -0.1) is 0 Å². The maximum atomic E-state index is 12.0. The molecule has 2 fully saturated rings. The van der Waals surface area contributed by atoms with Gasteiger partial charge in [0, 0.05) is 30.9 Å². The van der Waals surface area contributed by atoms with E-state index >= 15 is 0 Å². The van der Waals surface area contributed by atoms with Gasteiger partial charge in [0.1, 0.15) is 11.6 Å². The number of pyridine rings is 1. The lowest BCUT2D eigenvalue weighted by Crippen LogP contribution is -2.42. The summed E-state index contributed by atoms with van der Waals surface area (Å²) in [5, 5.41) is 6.81. The first-order chi connectivity index (χ1) is 14.6. The van der Waals surface area contributed by atoms with Crippen molar-refractivity contribution in [3.8, 4) is 0 Å². The van der Waals surface area contributed by atoms with Gasteiger partial charge in [-0.1, -0.05) is 18.9 Å². The van der Waals surface area contributed by atoms with Crippen LogP contribution in [0, 0.1) is 0 Å². The van der Waals surface area contributed by atoms with Crippen molar-refractivity contribution in [3.05, 3.63) is 42.0 Å². The Labute approximate surface area is 177 Å². The van der Waals surface area contributed by atoms with Gasteiger partial charge in [0.15, 0.2) is 0 Å². The molecule has 1 saturated heterocycles. The van der Waals surface area contributed by atoms with Crippen molar-refractivity contribution in [1.29, 1.82) is 0 Å². The van der Waals surface area contributed by atoms with Crippen LogP contribution in [0.5, 0.6) is 0 Å². The van der Waals surface area contributed by atoms with Crippen molar-refractivity contribution in [2.24, 2.45) is 11.5 Å². The van der Waals surface area contributed by atoms with Gasteiger partial charge in [-0.25, -0.2) is 4.98 Å². The van der Waals surface area contributed by atoms with E-state index in [1.54, 1.807) is 6.07 Å². The molecule has 1 aromatic heterocycles. The van der Waals surface area contributed by atoms with E-state index in [1.807, 2.05) is 30.3 Å². The van der Waals surface area contributed by atoms with Crippen molar-refractivity contribution in [1.82, 2.24) is 4.98 Å². The quantitative estimate of drug-likeness (QED) is 0.577. The highest BCUT2D eigenvalue weighted by atomic mass is 16.5. The number of hydrogen-bond donors (Lipinski definition) is 4. The third-order valence-electron chi connectivity index (χ3n) is 5.79. The summed E-state index contributed by atoms with van der Waals surface area (Å²) >= 11 is 0. The van der Waals surface area contributed by atoms with E-state index in [4.69, 9.17) is 21.2 Å². The molecule has 160 valence electrons. The number of morpholine rings is 1. The molecule has 1 amide bonds. The predicted octanol–water partition coefficient (Wildman–Crippen LogP) is 2.44. The van der Waals surface area contributed by atoms with E-state index in [2.05, 4.69) is 15.5 Å². The lowest BCUT2D eigenvalue weighted by molar-refractivity contribution is 0.100. The number of rotatable bonds is 6. The largest absolute Gasteiger partial charge is 0.381 e. The molecule has 0 spiro atoms. The van der Waals surface area contributed by atoms with Gasteiger partial charge < -0.3 is 31.7 Å². The Morgan fingerprint density at radius 1 is 1.13 bits per heavy atom. The van der Waals surface area contributed by atoms with Crippen molar-refractivity contribution >= 4 is 28.9 Å². The fourth-order valence-electron chi connectivity index (χ4n) is 4.10. The molecule has 1 aromatic carbocycles. The summed E-state index contributed by atoms with van der Waals surface area (Å²) in [6.07, 6.45) is 4.43. The number of ether oxygens (including phenoxy) is 1. The van der Waals surface area contributed by atoms with Crippen LogP contribution < -0.4 is 27.0 Å². The Morgan fingerprint density at radius 2 is 1.93 bits per heavy atom. The summed E-state index contributed by atoms with van der Waals surface area (Å²) in [7, 11) is 0. The molecule has 2 aliphatic rings. The van der Waals surface area contributed by atoms with Crippen LogP contribution in [0.15, 0.2) is 36.4 Å². The smallest absolute Gasteiger partial charge is 0.250 e. The number of hydrogen-bond acceptors (Lipinski definition) is 7. The van der Waals surface area contributed by atoms with Gasteiger partial charge in [-0.05, 0) is 43.2 Å². The Balaban J connectivity index is 1.55. The van der Waals surface area contributed by atoms with E-state index in [0.29, 0.717) is 30.3 Å². The van der Waals surface area contributed by atoms with Crippen LogP contribution in [0.25, 0.3) is 0 Å². The number of carbonyl (C=O) groups is 1. The highest BCUT2D eigenvalue weighted by molar-refractivity contribution is 5.99. The SMILES string of the molecule is NC(=O)c1ccc(N[C@@H]2CCCC[C@@H]2N)cc1Nc1cccc(N2CCOCC2)n1. The van der Waals surface area contributed by atoms with Gasteiger partial charge in [0.25, 0.3) is 5.91 Å². The monoisotopic (exact) mass is 410 g/mol. The summed E-state index contributed by atoms with van der Waals surface area (Å²) in [5.74, 6) is 1.06. The molecule has 8 nitrogen and oxygen atoms in total. The molecular weight excluding hydrogens is 380 g/mol. The normalized spacial score (nSPS) is 21.8. The van der Waals surface area contributed by atoms with Gasteiger partial charge in [0.05, 0.1) is 24.5 Å². The third-order valence-corrected chi connectivity index (χ3v) is 5.79. The standard InChI is InChI=1S/C22H30N6O2/c23-17-4-1-2-5-18(17)25-15-8-9-16(22(24)29)19(14-15)26-20-6-3-7-21(27-20)28-10-12-30-13-11-28/h3,6-9,14,17-18,25H,1-2,4-5,10-13,23H2,(H2,24,29)(H,26,27)/t17-,18+/m0/s1. The maximum Gasteiger partial charge on any atom is 0.250 e. The molecule has 6 N–H and O–H groups in total. The second kappa shape index (κ2) is 9.32. The molecule has 2 aromatic rings. The molecular formula is C22H30N6O2. The number of amides is 1. The van der Waals surface area contributed by atoms with Crippen LogP contribution >= 0.6 is 0 Å². The lowest BCUT2D eigenvalue weighted by atomic mass is 9.91. The van der Waals surface area contributed by atoms with Crippen molar-refractivity contribution < 1.29 is 9.53 Å². The van der Waals surface area contributed by atoms with E-state index in [0.717, 1.165) is 37.4 Å². The molecule has 0 unspecified atom stereocenters. The van der Waals surface area contributed by atoms with Crippen LogP contribution in [-0.2, 0) is 4.74 Å². The van der Waals surface area contributed by atoms with Crippen molar-refractivity contribution in [2.45, 2.75) is 37.8 Å². The van der Waals surface area contributed by atoms with Gasteiger partial charge >= 0.3 is 0 Å². The zero-order valence-corrected chi connectivity index (χ0v) is 17.1. The van der Waals surface area contributed by atoms with E-state index in [-0.39, 0.29) is 12.1 Å². The molecule has 30 heavy (non-hydrogen) atoms. The Hall–Kier alpha value is -2.84. The van der Waals surface area contributed by atoms with Crippen LogP contribution in [-0.4, -0.2) is 49.3 Å². The first-order valence-corrected chi connectivity index (χ1v) is 10.6. The average molecular weight is 411 g/mol. The molecule has 2 heterocycles. The third kappa shape index (κ3) is 4.83.